The maximum absolute atomic E-state index is 9.82. The van der Waals surface area contributed by atoms with Crippen LogP contribution in [0.2, 0.25) is 0 Å². The summed E-state index contributed by atoms with van der Waals surface area (Å²) in [5.41, 5.74) is 0.746. The van der Waals surface area contributed by atoms with Crippen LogP contribution in [-0.4, -0.2) is 16.3 Å². The van der Waals surface area contributed by atoms with Crippen molar-refractivity contribution in [2.45, 2.75) is 59.0 Å². The van der Waals surface area contributed by atoms with Gasteiger partial charge in [0, 0.05) is 17.6 Å². The molecular weight excluding hydrogens is 238 g/mol. The van der Waals surface area contributed by atoms with Crippen molar-refractivity contribution >= 4 is 0 Å². The van der Waals surface area contributed by atoms with E-state index < -0.39 is 0 Å². The Morgan fingerprint density at radius 2 is 1.74 bits per heavy atom. The molecule has 1 aromatic carbocycles. The van der Waals surface area contributed by atoms with E-state index in [0.29, 0.717) is 6.04 Å². The minimum atomic E-state index is 0.0288. The molecule has 1 rings (SSSR count). The second-order valence-electron chi connectivity index (χ2n) is 5.86. The number of rotatable bonds is 7. The Hall–Kier alpha value is -1.22. The lowest BCUT2D eigenvalue weighted by Crippen LogP contribution is -2.29. The van der Waals surface area contributed by atoms with E-state index in [0.717, 1.165) is 17.9 Å². The van der Waals surface area contributed by atoms with Crippen molar-refractivity contribution in [2.24, 2.45) is 5.92 Å². The fourth-order valence-electron chi connectivity index (χ4n) is 2.32. The molecule has 0 aromatic heterocycles. The molecule has 0 saturated heterocycles. The molecule has 2 unspecified atom stereocenters. The van der Waals surface area contributed by atoms with Gasteiger partial charge in [0.1, 0.15) is 11.5 Å². The monoisotopic (exact) mass is 265 g/mol. The van der Waals surface area contributed by atoms with E-state index in [4.69, 9.17) is 0 Å². The minimum Gasteiger partial charge on any atom is -0.508 e. The Bertz CT molecular complexity index is 390. The van der Waals surface area contributed by atoms with Gasteiger partial charge in [0.25, 0.3) is 0 Å². The smallest absolute Gasteiger partial charge is 0.120 e. The van der Waals surface area contributed by atoms with Crippen LogP contribution < -0.4 is 5.32 Å². The molecule has 3 N–H and O–H groups in total. The number of hydrogen-bond donors (Lipinski definition) is 3. The van der Waals surface area contributed by atoms with Crippen molar-refractivity contribution in [3.8, 4) is 11.5 Å². The SMILES string of the molecule is CC(C)CCCC(C)NC(C)c1cc(O)ccc1O. The first-order valence-corrected chi connectivity index (χ1v) is 7.18. The predicted octanol–water partition coefficient (Wildman–Crippen LogP) is 3.96. The predicted molar refractivity (Wildman–Crippen MR) is 79.5 cm³/mol. The van der Waals surface area contributed by atoms with Crippen LogP contribution in [0.25, 0.3) is 0 Å². The first-order valence-electron chi connectivity index (χ1n) is 7.18. The Morgan fingerprint density at radius 3 is 2.37 bits per heavy atom. The lowest BCUT2D eigenvalue weighted by molar-refractivity contribution is 0.404. The molecule has 19 heavy (non-hydrogen) atoms. The molecule has 0 aliphatic carbocycles. The molecule has 0 bridgehead atoms. The number of nitrogens with one attached hydrogen (secondary N) is 1. The van der Waals surface area contributed by atoms with E-state index >= 15 is 0 Å². The molecule has 3 heteroatoms. The van der Waals surface area contributed by atoms with E-state index in [9.17, 15) is 10.2 Å². The van der Waals surface area contributed by atoms with Crippen LogP contribution in [0.1, 0.15) is 58.6 Å². The summed E-state index contributed by atoms with van der Waals surface area (Å²) in [7, 11) is 0. The lowest BCUT2D eigenvalue weighted by Gasteiger charge is -2.21. The van der Waals surface area contributed by atoms with Crippen LogP contribution in [0.4, 0.5) is 0 Å². The molecule has 3 nitrogen and oxygen atoms in total. The maximum atomic E-state index is 9.82. The van der Waals surface area contributed by atoms with Crippen LogP contribution >= 0.6 is 0 Å². The third kappa shape index (κ3) is 5.52. The van der Waals surface area contributed by atoms with Crippen LogP contribution in [0.5, 0.6) is 11.5 Å². The highest BCUT2D eigenvalue weighted by atomic mass is 16.3. The van der Waals surface area contributed by atoms with Crippen LogP contribution in [0, 0.1) is 5.92 Å². The zero-order valence-electron chi connectivity index (χ0n) is 12.5. The molecular formula is C16H27NO2. The molecule has 0 aliphatic rings. The van der Waals surface area contributed by atoms with Crippen molar-refractivity contribution in [3.63, 3.8) is 0 Å². The highest BCUT2D eigenvalue weighted by Crippen LogP contribution is 2.28. The van der Waals surface area contributed by atoms with Gasteiger partial charge in [-0.15, -0.1) is 0 Å². The summed E-state index contributed by atoms with van der Waals surface area (Å²) in [6.07, 6.45) is 3.59. The molecule has 0 fully saturated rings. The Balaban J connectivity index is 2.49. The highest BCUT2D eigenvalue weighted by molar-refractivity contribution is 5.40. The molecule has 0 saturated carbocycles. The summed E-state index contributed by atoms with van der Waals surface area (Å²) >= 11 is 0. The van der Waals surface area contributed by atoms with Crippen molar-refractivity contribution < 1.29 is 10.2 Å². The van der Waals surface area contributed by atoms with E-state index in [1.54, 1.807) is 6.07 Å². The van der Waals surface area contributed by atoms with Crippen molar-refractivity contribution in [1.29, 1.82) is 0 Å². The maximum Gasteiger partial charge on any atom is 0.120 e. The van der Waals surface area contributed by atoms with Gasteiger partial charge in [0.2, 0.25) is 0 Å². The normalized spacial score (nSPS) is 14.6. The molecule has 1 aromatic rings. The third-order valence-electron chi connectivity index (χ3n) is 3.43. The molecule has 0 aliphatic heterocycles. The third-order valence-corrected chi connectivity index (χ3v) is 3.43. The first-order chi connectivity index (χ1) is 8.90. The zero-order chi connectivity index (χ0) is 14.4. The van der Waals surface area contributed by atoms with Crippen molar-refractivity contribution in [1.82, 2.24) is 5.32 Å². The summed E-state index contributed by atoms with van der Waals surface area (Å²) in [5.74, 6) is 1.17. The van der Waals surface area contributed by atoms with Gasteiger partial charge in [-0.05, 0) is 44.4 Å². The Kier molecular flexibility index (Phi) is 6.16. The molecule has 0 radical (unpaired) electrons. The van der Waals surface area contributed by atoms with Gasteiger partial charge in [-0.3, -0.25) is 0 Å². The largest absolute Gasteiger partial charge is 0.508 e. The lowest BCUT2D eigenvalue weighted by atomic mass is 10.0. The van der Waals surface area contributed by atoms with E-state index in [2.05, 4.69) is 26.1 Å². The van der Waals surface area contributed by atoms with Gasteiger partial charge in [-0.25, -0.2) is 0 Å². The van der Waals surface area contributed by atoms with E-state index in [1.807, 2.05) is 6.92 Å². The number of phenolic OH excluding ortho intramolecular Hbond substituents is 2. The summed E-state index contributed by atoms with van der Waals surface area (Å²) in [5, 5.41) is 22.8. The second-order valence-corrected chi connectivity index (χ2v) is 5.86. The number of aromatic hydroxyl groups is 2. The van der Waals surface area contributed by atoms with Gasteiger partial charge in [-0.2, -0.15) is 0 Å². The standard InChI is InChI=1S/C16H27NO2/c1-11(2)6-5-7-12(3)17-13(4)15-10-14(18)8-9-16(15)19/h8-13,17-19H,5-7H2,1-4H3. The Morgan fingerprint density at radius 1 is 1.05 bits per heavy atom. The number of benzene rings is 1. The summed E-state index contributed by atoms with van der Waals surface area (Å²) in [6, 6.07) is 5.08. The average Bonchev–Trinajstić information content (AvgIpc) is 2.31. The van der Waals surface area contributed by atoms with Crippen molar-refractivity contribution in [3.05, 3.63) is 23.8 Å². The van der Waals surface area contributed by atoms with Gasteiger partial charge in [0.05, 0.1) is 0 Å². The fourth-order valence-corrected chi connectivity index (χ4v) is 2.32. The summed E-state index contributed by atoms with van der Waals surface area (Å²) in [4.78, 5) is 0. The van der Waals surface area contributed by atoms with Crippen molar-refractivity contribution in [2.75, 3.05) is 0 Å². The first kappa shape index (κ1) is 15.8. The van der Waals surface area contributed by atoms with Gasteiger partial charge >= 0.3 is 0 Å². The fraction of sp³-hybridized carbons (Fsp3) is 0.625. The minimum absolute atomic E-state index is 0.0288. The Labute approximate surface area is 116 Å². The molecule has 2 atom stereocenters. The second kappa shape index (κ2) is 7.39. The van der Waals surface area contributed by atoms with Gasteiger partial charge in [-0.1, -0.05) is 26.7 Å². The van der Waals surface area contributed by atoms with Gasteiger partial charge in [0.15, 0.2) is 0 Å². The number of hydrogen-bond acceptors (Lipinski definition) is 3. The summed E-state index contributed by atoms with van der Waals surface area (Å²) in [6.45, 7) is 8.65. The topological polar surface area (TPSA) is 52.5 Å². The highest BCUT2D eigenvalue weighted by Gasteiger charge is 2.13. The number of phenols is 2. The summed E-state index contributed by atoms with van der Waals surface area (Å²) < 4.78 is 0. The van der Waals surface area contributed by atoms with Crippen LogP contribution in [0.15, 0.2) is 18.2 Å². The zero-order valence-corrected chi connectivity index (χ0v) is 12.5. The molecule has 0 heterocycles. The van der Waals surface area contributed by atoms with E-state index in [-0.39, 0.29) is 17.5 Å². The van der Waals surface area contributed by atoms with Gasteiger partial charge < -0.3 is 15.5 Å². The quantitative estimate of drug-likeness (QED) is 0.654. The van der Waals surface area contributed by atoms with Crippen LogP contribution in [-0.2, 0) is 0 Å². The molecule has 0 amide bonds. The van der Waals surface area contributed by atoms with Crippen LogP contribution in [0.3, 0.4) is 0 Å². The molecule has 0 spiro atoms. The van der Waals surface area contributed by atoms with E-state index in [1.165, 1.54) is 25.0 Å². The average molecular weight is 265 g/mol. The molecule has 108 valence electrons.